The van der Waals surface area contributed by atoms with E-state index in [0.717, 1.165) is 0 Å². The number of nitrogens with one attached hydrogen (secondary N) is 1. The smallest absolute Gasteiger partial charge is 0.257 e. The summed E-state index contributed by atoms with van der Waals surface area (Å²) < 4.78 is 5.51. The van der Waals surface area contributed by atoms with Crippen LogP contribution in [0.25, 0.3) is 0 Å². The van der Waals surface area contributed by atoms with E-state index in [1.165, 1.54) is 5.56 Å². The first kappa shape index (κ1) is 17.5. The number of benzene rings is 1. The van der Waals surface area contributed by atoms with Crippen LogP contribution in [-0.4, -0.2) is 30.3 Å². The molecule has 21 heavy (non-hydrogen) atoms. The molecule has 0 fully saturated rings. The van der Waals surface area contributed by atoms with E-state index in [-0.39, 0.29) is 24.5 Å². The van der Waals surface area contributed by atoms with Gasteiger partial charge < -0.3 is 15.2 Å². The summed E-state index contributed by atoms with van der Waals surface area (Å²) in [6.07, 6.45) is 0.337. The van der Waals surface area contributed by atoms with Crippen molar-refractivity contribution in [1.29, 1.82) is 0 Å². The Hall–Kier alpha value is -1.55. The van der Waals surface area contributed by atoms with Gasteiger partial charge in [0.15, 0.2) is 6.61 Å². The summed E-state index contributed by atoms with van der Waals surface area (Å²) in [7, 11) is 0. The van der Waals surface area contributed by atoms with E-state index in [9.17, 15) is 9.90 Å². The zero-order valence-corrected chi connectivity index (χ0v) is 13.4. The molecule has 0 saturated heterocycles. The summed E-state index contributed by atoms with van der Waals surface area (Å²) in [4.78, 5) is 11.7. The van der Waals surface area contributed by atoms with E-state index in [2.05, 4.69) is 25.2 Å². The molecule has 1 aromatic carbocycles. The van der Waals surface area contributed by atoms with Crippen LogP contribution < -0.4 is 10.1 Å². The molecule has 4 nitrogen and oxygen atoms in total. The number of hydrogen-bond acceptors (Lipinski definition) is 3. The summed E-state index contributed by atoms with van der Waals surface area (Å²) in [6, 6.07) is 7.81. The molecule has 0 aromatic heterocycles. The Bertz CT molecular complexity index is 443. The topological polar surface area (TPSA) is 58.6 Å². The molecule has 0 aliphatic heterocycles. The maximum atomic E-state index is 11.7. The fraction of sp³-hybridized carbons (Fsp3) is 0.588. The molecular formula is C17H27NO3. The number of aliphatic hydroxyl groups is 1. The van der Waals surface area contributed by atoms with E-state index >= 15 is 0 Å². The third-order valence-corrected chi connectivity index (χ3v) is 3.29. The van der Waals surface area contributed by atoms with Gasteiger partial charge in [-0.1, -0.05) is 32.9 Å². The Balaban J connectivity index is 2.34. The van der Waals surface area contributed by atoms with Crippen molar-refractivity contribution in [3.05, 3.63) is 29.8 Å². The second-order valence-electron chi connectivity index (χ2n) is 6.01. The molecule has 118 valence electrons. The first-order chi connectivity index (χ1) is 9.88. The molecule has 0 aliphatic carbocycles. The predicted molar refractivity (Wildman–Crippen MR) is 84.5 cm³/mol. The maximum Gasteiger partial charge on any atom is 0.257 e. The minimum Gasteiger partial charge on any atom is -0.484 e. The lowest BCUT2D eigenvalue weighted by Crippen LogP contribution is -2.33. The van der Waals surface area contributed by atoms with Crippen LogP contribution in [0, 0.1) is 5.92 Å². The Morgan fingerprint density at radius 2 is 2.00 bits per heavy atom. The van der Waals surface area contributed by atoms with Gasteiger partial charge in [-0.3, -0.25) is 4.79 Å². The zero-order chi connectivity index (χ0) is 15.8. The summed E-state index contributed by atoms with van der Waals surface area (Å²) in [5.74, 6) is 1.26. The molecule has 0 saturated carbocycles. The molecule has 1 rings (SSSR count). The number of ether oxygens (including phenoxy) is 1. The quantitative estimate of drug-likeness (QED) is 0.775. The Morgan fingerprint density at radius 1 is 1.29 bits per heavy atom. The van der Waals surface area contributed by atoms with Gasteiger partial charge in [-0.2, -0.15) is 0 Å². The lowest BCUT2D eigenvalue weighted by molar-refractivity contribution is -0.123. The predicted octanol–water partition coefficient (Wildman–Crippen LogP) is 2.71. The zero-order valence-electron chi connectivity index (χ0n) is 13.4. The van der Waals surface area contributed by atoms with Crippen molar-refractivity contribution in [1.82, 2.24) is 5.32 Å². The number of amides is 1. The lowest BCUT2D eigenvalue weighted by Gasteiger charge is -2.14. The van der Waals surface area contributed by atoms with Gasteiger partial charge in [0, 0.05) is 6.54 Å². The van der Waals surface area contributed by atoms with Gasteiger partial charge in [-0.25, -0.2) is 0 Å². The van der Waals surface area contributed by atoms with E-state index in [1.807, 2.05) is 25.1 Å². The van der Waals surface area contributed by atoms with Gasteiger partial charge >= 0.3 is 0 Å². The monoisotopic (exact) mass is 293 g/mol. The van der Waals surface area contributed by atoms with Crippen molar-refractivity contribution < 1.29 is 14.6 Å². The number of rotatable bonds is 8. The minimum atomic E-state index is -0.341. The second kappa shape index (κ2) is 8.67. The summed E-state index contributed by atoms with van der Waals surface area (Å²) >= 11 is 0. The van der Waals surface area contributed by atoms with Crippen molar-refractivity contribution in [2.75, 3.05) is 13.2 Å². The van der Waals surface area contributed by atoms with E-state index in [1.54, 1.807) is 6.92 Å². The molecule has 0 spiro atoms. The van der Waals surface area contributed by atoms with Crippen LogP contribution in [0.1, 0.15) is 45.6 Å². The molecule has 1 amide bonds. The lowest BCUT2D eigenvalue weighted by atomic mass is 10.0. The molecule has 4 heteroatoms. The first-order valence-corrected chi connectivity index (χ1v) is 7.56. The van der Waals surface area contributed by atoms with Crippen LogP contribution in [0.5, 0.6) is 5.75 Å². The standard InChI is InChI=1S/C17H27NO3/c1-12(2)15-6-5-7-16(9-15)21-11-17(20)18-10-13(3)8-14(4)19/h5-7,9,12-14,19H,8,10-11H2,1-4H3,(H,18,20). The third-order valence-electron chi connectivity index (χ3n) is 3.29. The average Bonchev–Trinajstić information content (AvgIpc) is 2.42. The average molecular weight is 293 g/mol. The molecule has 0 heterocycles. The van der Waals surface area contributed by atoms with Crippen LogP contribution in [0.3, 0.4) is 0 Å². The highest BCUT2D eigenvalue weighted by atomic mass is 16.5. The fourth-order valence-corrected chi connectivity index (χ4v) is 2.12. The van der Waals surface area contributed by atoms with Crippen molar-refractivity contribution in [2.45, 2.75) is 46.1 Å². The fourth-order valence-electron chi connectivity index (χ4n) is 2.12. The summed E-state index contributed by atoms with van der Waals surface area (Å²) in [5.41, 5.74) is 1.19. The highest BCUT2D eigenvalue weighted by Gasteiger charge is 2.09. The molecule has 2 atom stereocenters. The molecule has 0 bridgehead atoms. The van der Waals surface area contributed by atoms with Gasteiger partial charge in [0.1, 0.15) is 5.75 Å². The van der Waals surface area contributed by atoms with Crippen molar-refractivity contribution in [3.8, 4) is 5.75 Å². The molecule has 0 aliphatic rings. The molecule has 0 radical (unpaired) electrons. The van der Waals surface area contributed by atoms with Gasteiger partial charge in [0.2, 0.25) is 0 Å². The minimum absolute atomic E-state index is 0.0168. The van der Waals surface area contributed by atoms with Crippen LogP contribution in [-0.2, 0) is 4.79 Å². The maximum absolute atomic E-state index is 11.7. The van der Waals surface area contributed by atoms with E-state index in [0.29, 0.717) is 24.6 Å². The number of carbonyl (C=O) groups excluding carboxylic acids is 1. The number of carbonyl (C=O) groups is 1. The largest absolute Gasteiger partial charge is 0.484 e. The van der Waals surface area contributed by atoms with Crippen LogP contribution in [0.4, 0.5) is 0 Å². The summed E-state index contributed by atoms with van der Waals surface area (Å²) in [5, 5.41) is 12.1. The van der Waals surface area contributed by atoms with Crippen LogP contribution >= 0.6 is 0 Å². The highest BCUT2D eigenvalue weighted by molar-refractivity contribution is 5.77. The Labute approximate surface area is 127 Å². The molecule has 2 N–H and O–H groups in total. The third kappa shape index (κ3) is 7.14. The van der Waals surface area contributed by atoms with Crippen LogP contribution in [0.2, 0.25) is 0 Å². The van der Waals surface area contributed by atoms with Crippen LogP contribution in [0.15, 0.2) is 24.3 Å². The Kier molecular flexibility index (Phi) is 7.23. The molecule has 2 unspecified atom stereocenters. The van der Waals surface area contributed by atoms with E-state index in [4.69, 9.17) is 4.74 Å². The number of hydrogen-bond donors (Lipinski definition) is 2. The van der Waals surface area contributed by atoms with Gasteiger partial charge in [0.05, 0.1) is 6.10 Å². The van der Waals surface area contributed by atoms with Gasteiger partial charge in [-0.05, 0) is 42.9 Å². The molecule has 1 aromatic rings. The Morgan fingerprint density at radius 3 is 2.62 bits per heavy atom. The first-order valence-electron chi connectivity index (χ1n) is 7.56. The van der Waals surface area contributed by atoms with Crippen molar-refractivity contribution in [3.63, 3.8) is 0 Å². The number of aliphatic hydroxyl groups excluding tert-OH is 1. The highest BCUT2D eigenvalue weighted by Crippen LogP contribution is 2.19. The van der Waals surface area contributed by atoms with Crippen molar-refractivity contribution >= 4 is 5.91 Å². The van der Waals surface area contributed by atoms with E-state index < -0.39 is 0 Å². The second-order valence-corrected chi connectivity index (χ2v) is 6.01. The van der Waals surface area contributed by atoms with Gasteiger partial charge in [0.25, 0.3) is 5.91 Å². The normalized spacial score (nSPS) is 13.8. The SMILES string of the molecule is CC(O)CC(C)CNC(=O)COc1cccc(C(C)C)c1. The van der Waals surface area contributed by atoms with Gasteiger partial charge in [-0.15, -0.1) is 0 Å². The summed E-state index contributed by atoms with van der Waals surface area (Å²) in [6.45, 7) is 8.57. The molecular weight excluding hydrogens is 266 g/mol. The van der Waals surface area contributed by atoms with Crippen molar-refractivity contribution in [2.24, 2.45) is 5.92 Å².